The average Bonchev–Trinajstić information content (AvgIpc) is 2.59. The van der Waals surface area contributed by atoms with Gasteiger partial charge in [0.1, 0.15) is 30.1 Å². The van der Waals surface area contributed by atoms with Crippen LogP contribution in [-0.4, -0.2) is 71.3 Å². The average molecular weight is 460 g/mol. The molecule has 1 aliphatic heterocycles. The van der Waals surface area contributed by atoms with Crippen molar-refractivity contribution < 1.29 is 97.9 Å². The first-order valence-corrected chi connectivity index (χ1v) is 9.11. The van der Waals surface area contributed by atoms with Crippen LogP contribution >= 0.6 is 0 Å². The predicted molar refractivity (Wildman–Crippen MR) is 87.7 cm³/mol. The zero-order chi connectivity index (χ0) is 21.1. The van der Waals surface area contributed by atoms with Crippen molar-refractivity contribution in [1.29, 1.82) is 0 Å². The molecule has 0 saturated carbocycles. The number of carbonyl (C=O) groups is 1. The van der Waals surface area contributed by atoms with Gasteiger partial charge in [0, 0.05) is 19.1 Å². The topological polar surface area (TPSA) is 198 Å². The molecule has 0 aromatic heterocycles. The molecule has 1 fully saturated rings. The minimum Gasteiger partial charge on any atom is -0.726 e. The van der Waals surface area contributed by atoms with Crippen molar-refractivity contribution in [2.24, 2.45) is 0 Å². The first-order chi connectivity index (χ1) is 13.0. The van der Waals surface area contributed by atoms with Gasteiger partial charge in [0.15, 0.2) is 0 Å². The molecular formula is C14H17KN2O11S. The van der Waals surface area contributed by atoms with Gasteiger partial charge in [-0.15, -0.1) is 0 Å². The van der Waals surface area contributed by atoms with Gasteiger partial charge in [-0.3, -0.25) is 19.1 Å². The number of nitro groups is 1. The largest absolute Gasteiger partial charge is 1.00 e. The SMILES string of the molecule is CC(=O)N[C@H]1[C@H](Oc2ccc([N+](=O)[O-])cc2)O[C@H](COS(=O)(=O)[O-])[C@@H](O)[C@@H]1O.[K+]. The van der Waals surface area contributed by atoms with Crippen LogP contribution in [0.15, 0.2) is 24.3 Å². The van der Waals surface area contributed by atoms with Crippen LogP contribution in [0.25, 0.3) is 0 Å². The monoisotopic (exact) mass is 460 g/mol. The quantitative estimate of drug-likeness (QED) is 0.116. The number of nitrogens with zero attached hydrogens (tertiary/aromatic N) is 1. The van der Waals surface area contributed by atoms with Gasteiger partial charge in [-0.1, -0.05) is 0 Å². The summed E-state index contributed by atoms with van der Waals surface area (Å²) >= 11 is 0. The Morgan fingerprint density at radius 2 is 1.86 bits per heavy atom. The normalized spacial score (nSPS) is 26.8. The van der Waals surface area contributed by atoms with E-state index in [2.05, 4.69) is 9.50 Å². The fourth-order valence-electron chi connectivity index (χ4n) is 2.49. The molecule has 1 saturated heterocycles. The van der Waals surface area contributed by atoms with Crippen molar-refractivity contribution in [3.8, 4) is 5.75 Å². The van der Waals surface area contributed by atoms with Crippen molar-refractivity contribution in [3.05, 3.63) is 34.4 Å². The Hall–Kier alpha value is -0.724. The molecule has 13 nitrogen and oxygen atoms in total. The maximum absolute atomic E-state index is 11.4. The van der Waals surface area contributed by atoms with E-state index in [1.807, 2.05) is 0 Å². The number of aliphatic hydroxyl groups is 2. The van der Waals surface area contributed by atoms with Crippen molar-refractivity contribution in [1.82, 2.24) is 5.32 Å². The molecule has 1 aromatic rings. The summed E-state index contributed by atoms with van der Waals surface area (Å²) in [6, 6.07) is 3.47. The van der Waals surface area contributed by atoms with Gasteiger partial charge in [0.2, 0.25) is 22.6 Å². The summed E-state index contributed by atoms with van der Waals surface area (Å²) in [5.41, 5.74) is -0.210. The van der Waals surface area contributed by atoms with Gasteiger partial charge < -0.3 is 29.6 Å². The third-order valence-electron chi connectivity index (χ3n) is 3.75. The minimum absolute atomic E-state index is 0. The van der Waals surface area contributed by atoms with E-state index in [0.717, 1.165) is 19.1 Å². The molecule has 1 aromatic carbocycles. The molecule has 1 amide bonds. The van der Waals surface area contributed by atoms with Gasteiger partial charge in [-0.05, 0) is 12.1 Å². The molecule has 0 aliphatic carbocycles. The molecule has 15 heteroatoms. The number of hydrogen-bond donors (Lipinski definition) is 3. The van der Waals surface area contributed by atoms with E-state index in [-0.39, 0.29) is 62.8 Å². The van der Waals surface area contributed by atoms with E-state index in [0.29, 0.717) is 0 Å². The molecule has 1 heterocycles. The number of benzene rings is 1. The molecule has 156 valence electrons. The van der Waals surface area contributed by atoms with Crippen LogP contribution in [0.5, 0.6) is 5.75 Å². The number of aliphatic hydroxyl groups excluding tert-OH is 2. The Bertz CT molecular complexity index is 819. The van der Waals surface area contributed by atoms with Crippen LogP contribution in [0.1, 0.15) is 6.92 Å². The van der Waals surface area contributed by atoms with Gasteiger partial charge in [-0.2, -0.15) is 0 Å². The number of non-ortho nitro benzene ring substituents is 1. The van der Waals surface area contributed by atoms with E-state index in [1.165, 1.54) is 12.1 Å². The number of ether oxygens (including phenoxy) is 2. The first-order valence-electron chi connectivity index (χ1n) is 7.78. The van der Waals surface area contributed by atoms with E-state index >= 15 is 0 Å². The summed E-state index contributed by atoms with van der Waals surface area (Å²) in [6.07, 6.45) is -6.29. The van der Waals surface area contributed by atoms with Crippen molar-refractivity contribution in [2.45, 2.75) is 37.6 Å². The van der Waals surface area contributed by atoms with Gasteiger partial charge in [0.05, 0.1) is 11.5 Å². The molecule has 2 rings (SSSR count). The Labute approximate surface area is 207 Å². The van der Waals surface area contributed by atoms with Crippen LogP contribution in [0.3, 0.4) is 0 Å². The first kappa shape index (κ1) is 26.3. The number of carbonyl (C=O) groups excluding carboxylic acids is 1. The predicted octanol–water partition coefficient (Wildman–Crippen LogP) is -4.59. The number of nitrogens with one attached hydrogen (secondary N) is 1. The number of rotatable bonds is 7. The summed E-state index contributed by atoms with van der Waals surface area (Å²) in [7, 11) is -5.08. The van der Waals surface area contributed by atoms with Crippen molar-refractivity contribution in [3.63, 3.8) is 0 Å². The van der Waals surface area contributed by atoms with Crippen molar-refractivity contribution >= 4 is 22.0 Å². The summed E-state index contributed by atoms with van der Waals surface area (Å²) in [6.45, 7) is 0.234. The summed E-state index contributed by atoms with van der Waals surface area (Å²) < 4.78 is 46.7. The maximum Gasteiger partial charge on any atom is 1.00 e. The summed E-state index contributed by atoms with van der Waals surface area (Å²) in [5, 5.41) is 33.3. The zero-order valence-corrected chi connectivity index (χ0v) is 19.3. The minimum atomic E-state index is -5.08. The Morgan fingerprint density at radius 3 is 2.34 bits per heavy atom. The van der Waals surface area contributed by atoms with Crippen LogP contribution in [0.2, 0.25) is 0 Å². The molecule has 5 atom stereocenters. The Balaban J connectivity index is 0.00000420. The summed E-state index contributed by atoms with van der Waals surface area (Å²) in [5.74, 6) is -0.528. The van der Waals surface area contributed by atoms with Gasteiger partial charge >= 0.3 is 51.4 Å². The van der Waals surface area contributed by atoms with Gasteiger partial charge in [-0.25, -0.2) is 8.42 Å². The second-order valence-electron chi connectivity index (χ2n) is 5.81. The number of hydrogen-bond acceptors (Lipinski definition) is 11. The molecule has 0 bridgehead atoms. The van der Waals surface area contributed by atoms with Crippen molar-refractivity contribution in [2.75, 3.05) is 6.61 Å². The fourth-order valence-corrected chi connectivity index (χ4v) is 2.79. The second kappa shape index (κ2) is 11.1. The Morgan fingerprint density at radius 1 is 1.28 bits per heavy atom. The number of amides is 1. The molecule has 0 spiro atoms. The van der Waals surface area contributed by atoms with Gasteiger partial charge in [0.25, 0.3) is 5.69 Å². The standard InChI is InChI=1S/C14H18N2O11S.K/c1-7(17)15-11-13(19)12(18)10(6-25-28(22,23)24)27-14(11)26-9-4-2-8(3-5-9)16(20)21;/h2-5,10-14,18-19H,6H2,1H3,(H,15,17)(H,22,23,24);/q;+1/p-1/t10-,11-,12-,13-,14-;/m1./s1. The van der Waals surface area contributed by atoms with E-state index < -0.39 is 58.5 Å². The third kappa shape index (κ3) is 7.80. The van der Waals surface area contributed by atoms with Crippen LogP contribution < -0.4 is 61.4 Å². The van der Waals surface area contributed by atoms with E-state index in [1.54, 1.807) is 0 Å². The Kier molecular flexibility index (Phi) is 10.0. The van der Waals surface area contributed by atoms with E-state index in [9.17, 15) is 38.1 Å². The molecule has 1 aliphatic rings. The fraction of sp³-hybridized carbons (Fsp3) is 0.500. The number of nitro benzene ring substituents is 1. The van der Waals surface area contributed by atoms with Crippen LogP contribution in [0, 0.1) is 10.1 Å². The third-order valence-corrected chi connectivity index (χ3v) is 4.17. The molecule has 3 N–H and O–H groups in total. The van der Waals surface area contributed by atoms with Crippen LogP contribution in [0.4, 0.5) is 5.69 Å². The zero-order valence-electron chi connectivity index (χ0n) is 15.3. The maximum atomic E-state index is 11.4. The smallest absolute Gasteiger partial charge is 0.726 e. The molecule has 0 unspecified atom stereocenters. The summed E-state index contributed by atoms with van der Waals surface area (Å²) in [4.78, 5) is 21.5. The molecule has 0 radical (unpaired) electrons. The molecular weight excluding hydrogens is 443 g/mol. The molecule has 29 heavy (non-hydrogen) atoms. The van der Waals surface area contributed by atoms with E-state index in [4.69, 9.17) is 9.47 Å². The van der Waals surface area contributed by atoms with Crippen LogP contribution in [-0.2, 0) is 24.1 Å². The second-order valence-corrected chi connectivity index (χ2v) is 6.86.